The van der Waals surface area contributed by atoms with Gasteiger partial charge in [-0.2, -0.15) is 13.2 Å². The normalized spacial score (nSPS) is 11.5. The first-order chi connectivity index (χ1) is 11.4. The summed E-state index contributed by atoms with van der Waals surface area (Å²) in [5.74, 6) is -0.645. The molecule has 0 unspecified atom stereocenters. The molecule has 124 valence electrons. The summed E-state index contributed by atoms with van der Waals surface area (Å²) >= 11 is 1.35. The van der Waals surface area contributed by atoms with E-state index in [-0.39, 0.29) is 23.5 Å². The second-order valence-electron chi connectivity index (χ2n) is 4.82. The molecule has 3 rings (SSSR count). The predicted molar refractivity (Wildman–Crippen MR) is 81.9 cm³/mol. The van der Waals surface area contributed by atoms with E-state index in [9.17, 15) is 17.6 Å². The third-order valence-corrected chi connectivity index (χ3v) is 3.74. The number of hydrogen-bond donors (Lipinski definition) is 1. The molecule has 9 heteroatoms. The molecule has 24 heavy (non-hydrogen) atoms. The Bertz CT molecular complexity index is 834. The third kappa shape index (κ3) is 3.67. The summed E-state index contributed by atoms with van der Waals surface area (Å²) in [7, 11) is 0. The van der Waals surface area contributed by atoms with Crippen LogP contribution in [0.5, 0.6) is 0 Å². The molecule has 0 fully saturated rings. The van der Waals surface area contributed by atoms with Crippen LogP contribution in [0, 0.1) is 5.82 Å². The molecule has 0 bridgehead atoms. The molecule has 0 saturated heterocycles. The Morgan fingerprint density at radius 2 is 2.00 bits per heavy atom. The first-order valence-electron chi connectivity index (χ1n) is 6.73. The van der Waals surface area contributed by atoms with Crippen molar-refractivity contribution in [1.29, 1.82) is 0 Å². The van der Waals surface area contributed by atoms with Crippen LogP contribution in [0.15, 0.2) is 41.5 Å². The SMILES string of the molecule is Fc1cncc(-c2ccc(NCc3cscn3)c(C(F)(F)F)n2)c1. The van der Waals surface area contributed by atoms with Crippen LogP contribution in [0.25, 0.3) is 11.3 Å². The van der Waals surface area contributed by atoms with Crippen molar-refractivity contribution in [3.05, 3.63) is 58.7 Å². The van der Waals surface area contributed by atoms with Crippen molar-refractivity contribution >= 4 is 17.0 Å². The highest BCUT2D eigenvalue weighted by molar-refractivity contribution is 7.07. The summed E-state index contributed by atoms with van der Waals surface area (Å²) in [5, 5.41) is 4.42. The molecule has 1 N–H and O–H groups in total. The van der Waals surface area contributed by atoms with Gasteiger partial charge in [-0.25, -0.2) is 14.4 Å². The van der Waals surface area contributed by atoms with E-state index in [1.54, 1.807) is 10.9 Å². The van der Waals surface area contributed by atoms with Crippen molar-refractivity contribution in [3.8, 4) is 11.3 Å². The number of rotatable bonds is 4. The van der Waals surface area contributed by atoms with E-state index in [0.29, 0.717) is 5.69 Å². The average molecular weight is 354 g/mol. The molecule has 0 atom stereocenters. The Morgan fingerprint density at radius 1 is 1.17 bits per heavy atom. The second kappa shape index (κ2) is 6.52. The zero-order valence-electron chi connectivity index (χ0n) is 12.0. The maximum atomic E-state index is 13.3. The minimum absolute atomic E-state index is 0.00599. The Hall–Kier alpha value is -2.55. The number of halogens is 4. The van der Waals surface area contributed by atoms with E-state index in [2.05, 4.69) is 20.3 Å². The van der Waals surface area contributed by atoms with E-state index in [1.807, 2.05) is 0 Å². The topological polar surface area (TPSA) is 50.7 Å². The second-order valence-corrected chi connectivity index (χ2v) is 5.53. The summed E-state index contributed by atoms with van der Waals surface area (Å²) in [6, 6.07) is 3.73. The maximum absolute atomic E-state index is 13.3. The van der Waals surface area contributed by atoms with Crippen LogP contribution in [0.1, 0.15) is 11.4 Å². The summed E-state index contributed by atoms with van der Waals surface area (Å²) in [6.07, 6.45) is -2.42. The zero-order chi connectivity index (χ0) is 17.2. The van der Waals surface area contributed by atoms with Crippen molar-refractivity contribution in [2.45, 2.75) is 12.7 Å². The summed E-state index contributed by atoms with van der Waals surface area (Å²) in [6.45, 7) is 0.148. The fraction of sp³-hybridized carbons (Fsp3) is 0.133. The Balaban J connectivity index is 1.94. The van der Waals surface area contributed by atoms with Crippen LogP contribution in [0.4, 0.5) is 23.2 Å². The van der Waals surface area contributed by atoms with E-state index >= 15 is 0 Å². The smallest absolute Gasteiger partial charge is 0.378 e. The molecule has 4 nitrogen and oxygen atoms in total. The molecule has 0 aliphatic carbocycles. The molecule has 3 aromatic heterocycles. The molecule has 0 spiro atoms. The van der Waals surface area contributed by atoms with Gasteiger partial charge in [0.1, 0.15) is 5.82 Å². The maximum Gasteiger partial charge on any atom is 0.435 e. The van der Waals surface area contributed by atoms with Crippen LogP contribution in [0.2, 0.25) is 0 Å². The summed E-state index contributed by atoms with van der Waals surface area (Å²) in [4.78, 5) is 11.3. The fourth-order valence-electron chi connectivity index (χ4n) is 2.04. The van der Waals surface area contributed by atoms with Gasteiger partial charge in [-0.05, 0) is 18.2 Å². The van der Waals surface area contributed by atoms with Crippen LogP contribution >= 0.6 is 11.3 Å². The van der Waals surface area contributed by atoms with Gasteiger partial charge in [0.05, 0.1) is 35.3 Å². The molecule has 0 amide bonds. The number of pyridine rings is 2. The highest BCUT2D eigenvalue weighted by atomic mass is 32.1. The lowest BCUT2D eigenvalue weighted by atomic mass is 10.1. The van der Waals surface area contributed by atoms with Gasteiger partial charge in [-0.1, -0.05) is 0 Å². The zero-order valence-corrected chi connectivity index (χ0v) is 12.8. The number of nitrogens with one attached hydrogen (secondary N) is 1. The highest BCUT2D eigenvalue weighted by Gasteiger charge is 2.36. The van der Waals surface area contributed by atoms with E-state index < -0.39 is 17.7 Å². The van der Waals surface area contributed by atoms with Gasteiger partial charge in [0, 0.05) is 17.1 Å². The van der Waals surface area contributed by atoms with Gasteiger partial charge in [0.15, 0.2) is 5.69 Å². The van der Waals surface area contributed by atoms with Crippen molar-refractivity contribution in [2.75, 3.05) is 5.32 Å². The van der Waals surface area contributed by atoms with Gasteiger partial charge in [0.25, 0.3) is 0 Å². The molecule has 0 saturated carbocycles. The lowest BCUT2D eigenvalue weighted by Crippen LogP contribution is -2.14. The van der Waals surface area contributed by atoms with Crippen LogP contribution in [0.3, 0.4) is 0 Å². The van der Waals surface area contributed by atoms with Crippen LogP contribution in [-0.4, -0.2) is 15.0 Å². The molecule has 0 radical (unpaired) electrons. The van der Waals surface area contributed by atoms with Crippen molar-refractivity contribution in [2.24, 2.45) is 0 Å². The highest BCUT2D eigenvalue weighted by Crippen LogP contribution is 2.35. The van der Waals surface area contributed by atoms with Gasteiger partial charge >= 0.3 is 6.18 Å². The Kier molecular flexibility index (Phi) is 4.43. The van der Waals surface area contributed by atoms with Gasteiger partial charge in [-0.3, -0.25) is 4.98 Å². The quantitative estimate of drug-likeness (QED) is 0.707. The minimum Gasteiger partial charge on any atom is -0.378 e. The van der Waals surface area contributed by atoms with Crippen molar-refractivity contribution in [1.82, 2.24) is 15.0 Å². The average Bonchev–Trinajstić information content (AvgIpc) is 3.05. The van der Waals surface area contributed by atoms with Crippen LogP contribution in [-0.2, 0) is 12.7 Å². The molecule has 3 heterocycles. The minimum atomic E-state index is -4.65. The molecular formula is C15H10F4N4S. The third-order valence-electron chi connectivity index (χ3n) is 3.11. The van der Waals surface area contributed by atoms with Gasteiger partial charge < -0.3 is 5.32 Å². The number of aromatic nitrogens is 3. The van der Waals surface area contributed by atoms with E-state index in [1.165, 1.54) is 29.7 Å². The number of hydrogen-bond acceptors (Lipinski definition) is 5. The molecule has 0 aliphatic rings. The van der Waals surface area contributed by atoms with Crippen LogP contribution < -0.4 is 5.32 Å². The van der Waals surface area contributed by atoms with Gasteiger partial charge in [0.2, 0.25) is 0 Å². The monoisotopic (exact) mass is 354 g/mol. The number of nitrogens with zero attached hydrogens (tertiary/aromatic N) is 3. The van der Waals surface area contributed by atoms with E-state index in [0.717, 1.165) is 12.3 Å². The summed E-state index contributed by atoms with van der Waals surface area (Å²) < 4.78 is 53.1. The lowest BCUT2D eigenvalue weighted by Gasteiger charge is -2.14. The van der Waals surface area contributed by atoms with Crippen molar-refractivity contribution < 1.29 is 17.6 Å². The molecule has 0 aliphatic heterocycles. The number of alkyl halides is 3. The lowest BCUT2D eigenvalue weighted by molar-refractivity contribution is -0.140. The number of thiazole rings is 1. The fourth-order valence-corrected chi connectivity index (χ4v) is 2.60. The molecule has 3 aromatic rings. The van der Waals surface area contributed by atoms with Crippen molar-refractivity contribution in [3.63, 3.8) is 0 Å². The van der Waals surface area contributed by atoms with Gasteiger partial charge in [-0.15, -0.1) is 11.3 Å². The molecule has 0 aromatic carbocycles. The van der Waals surface area contributed by atoms with E-state index in [4.69, 9.17) is 0 Å². The standard InChI is InChI=1S/C15H10F4N4S/c16-10-3-9(4-20-5-10)12-1-2-13(14(23-12)15(17,18)19)21-6-11-7-24-8-22-11/h1-5,7-8,21H,6H2. The largest absolute Gasteiger partial charge is 0.435 e. The Labute approximate surface area is 138 Å². The first kappa shape index (κ1) is 16.3. The predicted octanol–water partition coefficient (Wildman–Crippen LogP) is 4.37. The molecular weight excluding hydrogens is 344 g/mol. The Morgan fingerprint density at radius 3 is 2.67 bits per heavy atom. The first-order valence-corrected chi connectivity index (χ1v) is 7.68. The summed E-state index contributed by atoms with van der Waals surface area (Å²) in [5.41, 5.74) is 1.16. The number of anilines is 1.